The minimum atomic E-state index is -6.30. The molecule has 0 radical (unpaired) electrons. The van der Waals surface area contributed by atoms with Gasteiger partial charge in [0.25, 0.3) is 0 Å². The average Bonchev–Trinajstić information content (AvgIpc) is 2.63. The molecule has 188 valence electrons. The van der Waals surface area contributed by atoms with Crippen LogP contribution in [0.3, 0.4) is 0 Å². The van der Waals surface area contributed by atoms with Crippen LogP contribution in [0.5, 0.6) is 0 Å². The van der Waals surface area contributed by atoms with E-state index in [1.54, 1.807) is 0 Å². The Morgan fingerprint density at radius 2 is 1.16 bits per heavy atom. The molecule has 0 aliphatic rings. The second-order valence-electron chi connectivity index (χ2n) is 7.37. The number of carboxylic acid groups (broad SMARTS) is 2. The van der Waals surface area contributed by atoms with Crippen molar-refractivity contribution in [3.63, 3.8) is 0 Å². The summed E-state index contributed by atoms with van der Waals surface area (Å²) in [4.78, 5) is 32.8. The number of carbonyl (C=O) groups is 3. The number of rotatable bonds is 17. The smallest absolute Gasteiger partial charge is 0.459 e. The van der Waals surface area contributed by atoms with Gasteiger partial charge in [-0.15, -0.1) is 0 Å². The van der Waals surface area contributed by atoms with E-state index in [1.807, 2.05) is 0 Å². The van der Waals surface area contributed by atoms with Gasteiger partial charge in [0.15, 0.2) is 0 Å². The lowest BCUT2D eigenvalue weighted by Crippen LogP contribution is -2.51. The number of unbranched alkanes of at least 4 members (excludes halogenated alkanes) is 8. The number of alkyl halides is 7. The summed E-state index contributed by atoms with van der Waals surface area (Å²) in [5.41, 5.74) is 0. The summed E-state index contributed by atoms with van der Waals surface area (Å²) in [5, 5.41) is 17.3. The van der Waals surface area contributed by atoms with Crippen LogP contribution in [0.2, 0.25) is 0 Å². The summed E-state index contributed by atoms with van der Waals surface area (Å²) in [6.45, 7) is 0. The van der Waals surface area contributed by atoms with E-state index >= 15 is 0 Å². The Morgan fingerprint density at radius 1 is 0.719 bits per heavy atom. The summed E-state index contributed by atoms with van der Waals surface area (Å²) in [6.07, 6.45) is -6.83. The van der Waals surface area contributed by atoms with Crippen molar-refractivity contribution in [1.82, 2.24) is 0 Å². The molecule has 0 aliphatic carbocycles. The molecule has 0 saturated heterocycles. The number of carbonyl (C=O) groups excluding carboxylic acids is 1. The maximum atomic E-state index is 13.1. The van der Waals surface area contributed by atoms with Crippen molar-refractivity contribution in [1.29, 1.82) is 0 Å². The van der Waals surface area contributed by atoms with E-state index in [1.165, 1.54) is 0 Å². The second-order valence-corrected chi connectivity index (χ2v) is 7.37. The predicted octanol–water partition coefficient (Wildman–Crippen LogP) is 5.58. The number of esters is 1. The first-order valence-corrected chi connectivity index (χ1v) is 10.1. The topological polar surface area (TPSA) is 101 Å². The number of ether oxygens (including phenoxy) is 1. The summed E-state index contributed by atoms with van der Waals surface area (Å²) in [7, 11) is 0. The van der Waals surface area contributed by atoms with E-state index in [9.17, 15) is 45.1 Å². The fraction of sp³-hybridized carbons (Fsp3) is 0.842. The molecule has 0 amide bonds. The van der Waals surface area contributed by atoms with Gasteiger partial charge in [-0.05, 0) is 12.8 Å². The van der Waals surface area contributed by atoms with Gasteiger partial charge in [0.2, 0.25) is 6.10 Å². The van der Waals surface area contributed by atoms with Crippen LogP contribution in [-0.4, -0.2) is 52.2 Å². The summed E-state index contributed by atoms with van der Waals surface area (Å²) < 4.78 is 92.3. The zero-order valence-corrected chi connectivity index (χ0v) is 17.2. The van der Waals surface area contributed by atoms with Crippen molar-refractivity contribution >= 4 is 17.9 Å². The van der Waals surface area contributed by atoms with Crippen LogP contribution in [0.1, 0.15) is 77.0 Å². The first-order chi connectivity index (χ1) is 14.6. The Balaban J connectivity index is 3.82. The molecule has 0 spiro atoms. The number of hydrogen-bond acceptors (Lipinski definition) is 4. The molecule has 2 N–H and O–H groups in total. The molecule has 0 aliphatic heterocycles. The van der Waals surface area contributed by atoms with Crippen molar-refractivity contribution in [3.05, 3.63) is 0 Å². The minimum absolute atomic E-state index is 0.0832. The number of aliphatic carboxylic acids is 2. The van der Waals surface area contributed by atoms with Crippen LogP contribution in [0.15, 0.2) is 0 Å². The molecule has 1 unspecified atom stereocenters. The minimum Gasteiger partial charge on any atom is -0.481 e. The molecule has 13 heteroatoms. The van der Waals surface area contributed by atoms with E-state index < -0.39 is 61.3 Å². The van der Waals surface area contributed by atoms with Crippen LogP contribution in [0, 0.1) is 0 Å². The number of hydrogen-bond donors (Lipinski definition) is 2. The van der Waals surface area contributed by atoms with E-state index in [0.717, 1.165) is 0 Å². The highest BCUT2D eigenvalue weighted by atomic mass is 19.4. The van der Waals surface area contributed by atoms with Gasteiger partial charge in [-0.1, -0.05) is 44.9 Å². The first-order valence-electron chi connectivity index (χ1n) is 10.1. The SMILES string of the molecule is O=C(O)CC(OC(=O)CCCCCCCCCCCC(F)(F)C(F)(F)C(F)(F)F)C(=O)O. The van der Waals surface area contributed by atoms with Crippen molar-refractivity contribution in [2.45, 2.75) is 101 Å². The molecule has 6 nitrogen and oxygen atoms in total. The number of halogens is 7. The van der Waals surface area contributed by atoms with Gasteiger partial charge in [-0.2, -0.15) is 30.7 Å². The molecular weight excluding hydrogens is 457 g/mol. The van der Waals surface area contributed by atoms with Crippen LogP contribution in [-0.2, 0) is 19.1 Å². The standard InChI is InChI=1S/C19H27F7O6/c20-17(21,18(22,23)19(24,25)26)11-9-7-5-3-1-2-4-6-8-10-15(29)32-13(16(30)31)12-14(27)28/h13H,1-12H2,(H,27,28)(H,30,31). The van der Waals surface area contributed by atoms with Crippen molar-refractivity contribution < 1.29 is 60.1 Å². The molecule has 1 atom stereocenters. The molecule has 0 rings (SSSR count). The van der Waals surface area contributed by atoms with Crippen LogP contribution in [0.25, 0.3) is 0 Å². The largest absolute Gasteiger partial charge is 0.481 e. The third-order valence-electron chi connectivity index (χ3n) is 4.60. The normalized spacial score (nSPS) is 13.6. The zero-order valence-electron chi connectivity index (χ0n) is 17.2. The maximum Gasteiger partial charge on any atom is 0.459 e. The highest BCUT2D eigenvalue weighted by Gasteiger charge is 2.72. The van der Waals surface area contributed by atoms with Crippen molar-refractivity contribution in [2.24, 2.45) is 0 Å². The average molecular weight is 484 g/mol. The Labute approximate surface area is 180 Å². The Bertz CT molecular complexity index is 607. The zero-order chi connectivity index (χ0) is 25.0. The Kier molecular flexibility index (Phi) is 12.6. The molecule has 0 heterocycles. The molecule has 32 heavy (non-hydrogen) atoms. The summed E-state index contributed by atoms with van der Waals surface area (Å²) in [6, 6.07) is 0. The lowest BCUT2D eigenvalue weighted by Gasteiger charge is -2.28. The molecule has 0 aromatic heterocycles. The highest BCUT2D eigenvalue weighted by molar-refractivity contribution is 5.82. The molecule has 0 aromatic carbocycles. The molecule has 0 aromatic rings. The molecule has 0 saturated carbocycles. The van der Waals surface area contributed by atoms with Gasteiger partial charge in [0.05, 0.1) is 6.42 Å². The van der Waals surface area contributed by atoms with Crippen LogP contribution in [0.4, 0.5) is 30.7 Å². The van der Waals surface area contributed by atoms with Gasteiger partial charge in [0.1, 0.15) is 0 Å². The van der Waals surface area contributed by atoms with E-state index in [4.69, 9.17) is 10.2 Å². The van der Waals surface area contributed by atoms with Crippen molar-refractivity contribution in [3.8, 4) is 0 Å². The summed E-state index contributed by atoms with van der Waals surface area (Å²) in [5.74, 6) is -15.0. The molecule has 0 bridgehead atoms. The van der Waals surface area contributed by atoms with Gasteiger partial charge in [-0.3, -0.25) is 9.59 Å². The Hall–Kier alpha value is -2.08. The lowest BCUT2D eigenvalue weighted by molar-refractivity contribution is -0.355. The molecule has 0 fully saturated rings. The third kappa shape index (κ3) is 11.0. The van der Waals surface area contributed by atoms with Gasteiger partial charge >= 0.3 is 35.9 Å². The van der Waals surface area contributed by atoms with E-state index in [2.05, 4.69) is 4.74 Å². The predicted molar refractivity (Wildman–Crippen MR) is 96.5 cm³/mol. The van der Waals surface area contributed by atoms with Gasteiger partial charge in [0, 0.05) is 12.8 Å². The third-order valence-corrected chi connectivity index (χ3v) is 4.60. The van der Waals surface area contributed by atoms with Gasteiger partial charge in [-0.25, -0.2) is 4.79 Å². The fourth-order valence-corrected chi connectivity index (χ4v) is 2.77. The van der Waals surface area contributed by atoms with E-state index in [0.29, 0.717) is 44.9 Å². The maximum absolute atomic E-state index is 13.1. The van der Waals surface area contributed by atoms with Crippen LogP contribution < -0.4 is 0 Å². The quantitative estimate of drug-likeness (QED) is 0.159. The molecular formula is C19H27F7O6. The van der Waals surface area contributed by atoms with Crippen molar-refractivity contribution in [2.75, 3.05) is 0 Å². The van der Waals surface area contributed by atoms with Crippen LogP contribution >= 0.6 is 0 Å². The number of carboxylic acids is 2. The van der Waals surface area contributed by atoms with E-state index in [-0.39, 0.29) is 12.8 Å². The Morgan fingerprint density at radius 3 is 1.56 bits per heavy atom. The second kappa shape index (κ2) is 13.5. The fourth-order valence-electron chi connectivity index (χ4n) is 2.77. The van der Waals surface area contributed by atoms with Gasteiger partial charge < -0.3 is 14.9 Å². The monoisotopic (exact) mass is 484 g/mol. The highest BCUT2D eigenvalue weighted by Crippen LogP contribution is 2.48. The lowest BCUT2D eigenvalue weighted by atomic mass is 10.0. The summed E-state index contributed by atoms with van der Waals surface area (Å²) >= 11 is 0. The first kappa shape index (κ1) is 29.9.